The molecule has 198 valence electrons. The minimum Gasteiger partial charge on any atom is -0.507 e. The van der Waals surface area contributed by atoms with Crippen molar-refractivity contribution in [1.29, 1.82) is 0 Å². The van der Waals surface area contributed by atoms with Gasteiger partial charge in [0.1, 0.15) is 18.1 Å². The maximum Gasteiger partial charge on any atom is 0.296 e. The maximum absolute atomic E-state index is 13.3. The van der Waals surface area contributed by atoms with Crippen molar-refractivity contribution < 1.29 is 28.6 Å². The van der Waals surface area contributed by atoms with Crippen LogP contribution in [-0.2, 0) is 22.7 Å². The molecule has 8 heteroatoms. The van der Waals surface area contributed by atoms with Crippen LogP contribution in [0.3, 0.4) is 0 Å². The zero-order valence-electron chi connectivity index (χ0n) is 21.2. The van der Waals surface area contributed by atoms with Crippen molar-refractivity contribution in [2.45, 2.75) is 26.1 Å². The number of rotatable bonds is 9. The second-order valence-electron chi connectivity index (χ2n) is 8.93. The lowest BCUT2D eigenvalue weighted by molar-refractivity contribution is -0.140. The van der Waals surface area contributed by atoms with Gasteiger partial charge >= 0.3 is 0 Å². The highest BCUT2D eigenvalue weighted by Gasteiger charge is 2.46. The van der Waals surface area contributed by atoms with Crippen LogP contribution in [-0.4, -0.2) is 28.3 Å². The third kappa shape index (κ3) is 5.54. The fourth-order valence-corrected chi connectivity index (χ4v) is 4.67. The van der Waals surface area contributed by atoms with Gasteiger partial charge in [0.15, 0.2) is 11.5 Å². The molecular weight excluding hydrogens is 518 g/mol. The van der Waals surface area contributed by atoms with Gasteiger partial charge in [-0.2, -0.15) is 0 Å². The van der Waals surface area contributed by atoms with E-state index in [2.05, 4.69) is 0 Å². The number of aliphatic hydroxyl groups is 1. The first-order chi connectivity index (χ1) is 19.0. The molecule has 1 saturated heterocycles. The number of halogens is 1. The Hall–Kier alpha value is -4.49. The Balaban J connectivity index is 1.58. The van der Waals surface area contributed by atoms with Crippen molar-refractivity contribution in [2.75, 3.05) is 6.61 Å². The molecule has 3 aromatic carbocycles. The van der Waals surface area contributed by atoms with Gasteiger partial charge in [-0.15, -0.1) is 0 Å². The predicted molar refractivity (Wildman–Crippen MR) is 146 cm³/mol. The van der Waals surface area contributed by atoms with E-state index in [1.807, 2.05) is 37.3 Å². The summed E-state index contributed by atoms with van der Waals surface area (Å²) < 4.78 is 17.4. The number of likely N-dealkylation sites (tertiary alicyclic amines) is 1. The lowest BCUT2D eigenvalue weighted by atomic mass is 9.95. The van der Waals surface area contributed by atoms with Crippen molar-refractivity contribution >= 4 is 29.1 Å². The Labute approximate surface area is 230 Å². The highest BCUT2D eigenvalue weighted by molar-refractivity contribution is 6.46. The summed E-state index contributed by atoms with van der Waals surface area (Å²) in [6.07, 6.45) is 1.50. The van der Waals surface area contributed by atoms with E-state index in [1.54, 1.807) is 54.6 Å². The third-order valence-electron chi connectivity index (χ3n) is 6.38. The number of hydrogen-bond donors (Lipinski definition) is 1. The Morgan fingerprint density at radius 2 is 1.72 bits per heavy atom. The minimum atomic E-state index is -0.895. The fraction of sp³-hybridized carbons (Fsp3) is 0.161. The smallest absolute Gasteiger partial charge is 0.296 e. The van der Waals surface area contributed by atoms with Crippen LogP contribution in [0.4, 0.5) is 0 Å². The molecule has 0 spiro atoms. The van der Waals surface area contributed by atoms with E-state index in [0.29, 0.717) is 46.6 Å². The molecule has 1 fully saturated rings. The molecule has 0 aliphatic carbocycles. The predicted octanol–water partition coefficient (Wildman–Crippen LogP) is 6.53. The number of carbonyl (C=O) groups is 2. The molecule has 1 unspecified atom stereocenters. The van der Waals surface area contributed by atoms with Gasteiger partial charge in [-0.1, -0.05) is 48.0 Å². The summed E-state index contributed by atoms with van der Waals surface area (Å²) in [5.74, 6) is -0.345. The third-order valence-corrected chi connectivity index (χ3v) is 6.64. The Kier molecular flexibility index (Phi) is 7.70. The molecule has 7 nitrogen and oxygen atoms in total. The zero-order valence-corrected chi connectivity index (χ0v) is 21.9. The Morgan fingerprint density at radius 1 is 0.949 bits per heavy atom. The minimum absolute atomic E-state index is 0.0331. The Morgan fingerprint density at radius 3 is 2.41 bits per heavy atom. The molecule has 4 aromatic rings. The van der Waals surface area contributed by atoms with E-state index in [1.165, 1.54) is 11.2 Å². The number of ketones is 1. The molecule has 0 bridgehead atoms. The standard InChI is InChI=1S/C31H26ClNO6/c1-2-37-26-17-22(12-15-25(26)39-19-20-7-4-3-5-8-20)28-27(29(34)21-10-13-23(32)14-11-21)30(35)31(36)33(28)18-24-9-6-16-38-24/h3-17,28,34H,2,18-19H2,1H3/b29-27+. The highest BCUT2D eigenvalue weighted by atomic mass is 35.5. The van der Waals surface area contributed by atoms with Gasteiger partial charge in [0.05, 0.1) is 31.0 Å². The average Bonchev–Trinajstić information content (AvgIpc) is 3.55. The van der Waals surface area contributed by atoms with Gasteiger partial charge in [0.2, 0.25) is 0 Å². The van der Waals surface area contributed by atoms with Gasteiger partial charge in [-0.3, -0.25) is 9.59 Å². The Bertz CT molecular complexity index is 1500. The molecule has 5 rings (SSSR count). The van der Waals surface area contributed by atoms with Crippen LogP contribution >= 0.6 is 11.6 Å². The number of Topliss-reactive ketones (excluding diaryl/α,β-unsaturated/α-hetero) is 1. The number of nitrogens with zero attached hydrogens (tertiary/aromatic N) is 1. The molecule has 1 aliphatic rings. The molecular formula is C31H26ClNO6. The number of ether oxygens (including phenoxy) is 2. The number of hydrogen-bond acceptors (Lipinski definition) is 6. The van der Waals surface area contributed by atoms with Gasteiger partial charge in [0.25, 0.3) is 11.7 Å². The summed E-state index contributed by atoms with van der Waals surface area (Å²) in [4.78, 5) is 28.0. The van der Waals surface area contributed by atoms with Gasteiger partial charge in [-0.25, -0.2) is 0 Å². The number of furan rings is 1. The lowest BCUT2D eigenvalue weighted by Gasteiger charge is -2.25. The van der Waals surface area contributed by atoms with E-state index in [-0.39, 0.29) is 17.9 Å². The number of benzene rings is 3. The van der Waals surface area contributed by atoms with Crippen LogP contribution < -0.4 is 9.47 Å². The monoisotopic (exact) mass is 543 g/mol. The van der Waals surface area contributed by atoms with Crippen LogP contribution in [0.2, 0.25) is 5.02 Å². The molecule has 2 heterocycles. The molecule has 1 aliphatic heterocycles. The normalized spacial score (nSPS) is 16.5. The number of aliphatic hydroxyl groups excluding tert-OH is 1. The second-order valence-corrected chi connectivity index (χ2v) is 9.36. The first-order valence-corrected chi connectivity index (χ1v) is 12.8. The number of amides is 1. The zero-order chi connectivity index (χ0) is 27.4. The van der Waals surface area contributed by atoms with Crippen LogP contribution in [0.15, 0.2) is 101 Å². The molecule has 1 aromatic heterocycles. The maximum atomic E-state index is 13.3. The largest absolute Gasteiger partial charge is 0.507 e. The number of carbonyl (C=O) groups excluding carboxylic acids is 2. The van der Waals surface area contributed by atoms with Crippen molar-refractivity contribution in [2.24, 2.45) is 0 Å². The van der Waals surface area contributed by atoms with E-state index in [4.69, 9.17) is 25.5 Å². The molecule has 1 amide bonds. The van der Waals surface area contributed by atoms with Crippen LogP contribution in [0, 0.1) is 0 Å². The highest BCUT2D eigenvalue weighted by Crippen LogP contribution is 2.43. The average molecular weight is 544 g/mol. The van der Waals surface area contributed by atoms with Crippen molar-refractivity contribution in [3.05, 3.63) is 124 Å². The van der Waals surface area contributed by atoms with Crippen LogP contribution in [0.1, 0.15) is 35.4 Å². The van der Waals surface area contributed by atoms with Gasteiger partial charge < -0.3 is 23.9 Å². The lowest BCUT2D eigenvalue weighted by Crippen LogP contribution is -2.29. The quantitative estimate of drug-likeness (QED) is 0.147. The topological polar surface area (TPSA) is 89.2 Å². The molecule has 0 saturated carbocycles. The van der Waals surface area contributed by atoms with Crippen molar-refractivity contribution in [3.8, 4) is 11.5 Å². The SMILES string of the molecule is CCOc1cc(C2/C(=C(\O)c3ccc(Cl)cc3)C(=O)C(=O)N2Cc2ccco2)ccc1OCc1ccccc1. The van der Waals surface area contributed by atoms with Gasteiger partial charge in [0, 0.05) is 10.6 Å². The molecule has 1 N–H and O–H groups in total. The summed E-state index contributed by atoms with van der Waals surface area (Å²) in [7, 11) is 0. The summed E-state index contributed by atoms with van der Waals surface area (Å²) in [5, 5.41) is 11.8. The van der Waals surface area contributed by atoms with Crippen LogP contribution in [0.25, 0.3) is 5.76 Å². The first-order valence-electron chi connectivity index (χ1n) is 12.5. The fourth-order valence-electron chi connectivity index (χ4n) is 4.54. The van der Waals surface area contributed by atoms with Crippen molar-refractivity contribution in [3.63, 3.8) is 0 Å². The molecule has 0 radical (unpaired) electrons. The molecule has 1 atom stereocenters. The van der Waals surface area contributed by atoms with E-state index in [9.17, 15) is 14.7 Å². The molecule has 39 heavy (non-hydrogen) atoms. The van der Waals surface area contributed by atoms with Crippen LogP contribution in [0.5, 0.6) is 11.5 Å². The van der Waals surface area contributed by atoms with E-state index >= 15 is 0 Å². The summed E-state index contributed by atoms with van der Waals surface area (Å²) in [6.45, 7) is 2.61. The first kappa shape index (κ1) is 26.1. The summed E-state index contributed by atoms with van der Waals surface area (Å²) >= 11 is 6.02. The van der Waals surface area contributed by atoms with E-state index in [0.717, 1.165) is 5.56 Å². The van der Waals surface area contributed by atoms with Gasteiger partial charge in [-0.05, 0) is 66.6 Å². The van der Waals surface area contributed by atoms with E-state index < -0.39 is 17.7 Å². The second kappa shape index (κ2) is 11.5. The van der Waals surface area contributed by atoms with Crippen molar-refractivity contribution in [1.82, 2.24) is 4.90 Å². The summed E-state index contributed by atoms with van der Waals surface area (Å²) in [5.41, 5.74) is 1.91. The summed E-state index contributed by atoms with van der Waals surface area (Å²) in [6, 6.07) is 24.0.